The molecule has 132 valence electrons. The second-order valence-corrected chi connectivity index (χ2v) is 7.61. The minimum absolute atomic E-state index is 0.0649. The number of hydrogen-bond acceptors (Lipinski definition) is 3. The molecule has 5 heteroatoms. The smallest absolute Gasteiger partial charge is 0.267 e. The van der Waals surface area contributed by atoms with E-state index >= 15 is 0 Å². The molecular formula is C20H25N3O2. The average Bonchev–Trinajstić information content (AvgIpc) is 3.01. The zero-order valence-electron chi connectivity index (χ0n) is 15.1. The van der Waals surface area contributed by atoms with Crippen molar-refractivity contribution in [3.63, 3.8) is 0 Å². The third kappa shape index (κ3) is 3.98. The van der Waals surface area contributed by atoms with Crippen molar-refractivity contribution in [1.29, 1.82) is 0 Å². The second kappa shape index (κ2) is 6.82. The van der Waals surface area contributed by atoms with Crippen molar-refractivity contribution in [3.8, 4) is 0 Å². The molecule has 1 aromatic carbocycles. The topological polar surface area (TPSA) is 64.0 Å². The highest BCUT2D eigenvalue weighted by Crippen LogP contribution is 2.22. The molecule has 0 unspecified atom stereocenters. The number of fused-ring (bicyclic) bond motifs is 1. The molecule has 3 rings (SSSR count). The first-order valence-corrected chi connectivity index (χ1v) is 8.83. The number of nitrogens with zero attached hydrogens (tertiary/aromatic N) is 2. The van der Waals surface area contributed by atoms with Crippen molar-refractivity contribution >= 4 is 5.91 Å². The Balaban J connectivity index is 1.59. The van der Waals surface area contributed by atoms with Crippen LogP contribution in [0.2, 0.25) is 0 Å². The third-order valence-electron chi connectivity index (χ3n) is 4.65. The number of hydrogen-bond donors (Lipinski definition) is 1. The first-order chi connectivity index (χ1) is 11.8. The van der Waals surface area contributed by atoms with Crippen molar-refractivity contribution in [2.24, 2.45) is 0 Å². The van der Waals surface area contributed by atoms with E-state index in [9.17, 15) is 9.59 Å². The van der Waals surface area contributed by atoms with Crippen LogP contribution >= 0.6 is 0 Å². The maximum absolute atomic E-state index is 12.2. The molecule has 0 saturated heterocycles. The number of amides is 1. The summed E-state index contributed by atoms with van der Waals surface area (Å²) in [6.45, 7) is 7.19. The van der Waals surface area contributed by atoms with E-state index in [1.54, 1.807) is 6.07 Å². The molecule has 2 aromatic rings. The van der Waals surface area contributed by atoms with Gasteiger partial charge in [0.15, 0.2) is 0 Å². The lowest BCUT2D eigenvalue weighted by Gasteiger charge is -2.19. The van der Waals surface area contributed by atoms with Gasteiger partial charge in [-0.15, -0.1) is 0 Å². The highest BCUT2D eigenvalue weighted by atomic mass is 16.1. The molecule has 0 spiro atoms. The second-order valence-electron chi connectivity index (χ2n) is 7.61. The number of aryl methyl sites for hydroxylation is 2. The van der Waals surface area contributed by atoms with Crippen molar-refractivity contribution in [2.45, 2.75) is 52.0 Å². The zero-order chi connectivity index (χ0) is 18.0. The van der Waals surface area contributed by atoms with Crippen molar-refractivity contribution in [2.75, 3.05) is 6.54 Å². The molecule has 1 heterocycles. The van der Waals surface area contributed by atoms with Gasteiger partial charge < -0.3 is 5.32 Å². The van der Waals surface area contributed by atoms with Crippen LogP contribution in [-0.4, -0.2) is 22.2 Å². The van der Waals surface area contributed by atoms with Gasteiger partial charge in [-0.25, -0.2) is 4.68 Å². The highest BCUT2D eigenvalue weighted by molar-refractivity contribution is 5.94. The number of nitrogens with one attached hydrogen (secondary N) is 1. The van der Waals surface area contributed by atoms with Crippen LogP contribution in [-0.2, 0) is 24.8 Å². The molecule has 0 fully saturated rings. The Morgan fingerprint density at radius 2 is 1.92 bits per heavy atom. The standard InChI is InChI=1S/C20H25N3O2/c1-20(2,3)16-9-7-14(8-10-16)19(25)21-11-12-23-18(24)13-15-5-4-6-17(15)22-23/h7-10,13H,4-6,11-12H2,1-3H3,(H,21,25). The van der Waals surface area contributed by atoms with Gasteiger partial charge in [0.25, 0.3) is 11.5 Å². The van der Waals surface area contributed by atoms with E-state index in [2.05, 4.69) is 31.2 Å². The lowest BCUT2D eigenvalue weighted by molar-refractivity contribution is 0.0951. The normalized spacial score (nSPS) is 13.6. The number of aromatic nitrogens is 2. The summed E-state index contributed by atoms with van der Waals surface area (Å²) in [6.07, 6.45) is 2.94. The Morgan fingerprint density at radius 1 is 1.20 bits per heavy atom. The minimum Gasteiger partial charge on any atom is -0.350 e. The Labute approximate surface area is 148 Å². The molecule has 0 atom stereocenters. The van der Waals surface area contributed by atoms with Crippen molar-refractivity contribution in [1.82, 2.24) is 15.1 Å². The number of benzene rings is 1. The predicted octanol–water partition coefficient (Wildman–Crippen LogP) is 2.46. The highest BCUT2D eigenvalue weighted by Gasteiger charge is 2.16. The summed E-state index contributed by atoms with van der Waals surface area (Å²) in [5.41, 5.74) is 3.88. The summed E-state index contributed by atoms with van der Waals surface area (Å²) in [6, 6.07) is 9.34. The Hall–Kier alpha value is -2.43. The van der Waals surface area contributed by atoms with Crippen LogP contribution in [0.3, 0.4) is 0 Å². The molecule has 0 saturated carbocycles. The summed E-state index contributed by atoms with van der Waals surface area (Å²) in [4.78, 5) is 24.3. The van der Waals surface area contributed by atoms with Crippen LogP contribution in [0.5, 0.6) is 0 Å². The fourth-order valence-corrected chi connectivity index (χ4v) is 3.10. The molecule has 1 amide bonds. The van der Waals surface area contributed by atoms with E-state index in [0.29, 0.717) is 18.7 Å². The van der Waals surface area contributed by atoms with Gasteiger partial charge >= 0.3 is 0 Å². The molecule has 1 aliphatic rings. The number of carbonyl (C=O) groups is 1. The lowest BCUT2D eigenvalue weighted by Crippen LogP contribution is -2.32. The summed E-state index contributed by atoms with van der Waals surface area (Å²) < 4.78 is 1.45. The maximum atomic E-state index is 12.2. The molecular weight excluding hydrogens is 314 g/mol. The molecule has 1 aromatic heterocycles. The molecule has 1 aliphatic carbocycles. The Morgan fingerprint density at radius 3 is 2.60 bits per heavy atom. The predicted molar refractivity (Wildman–Crippen MR) is 98.0 cm³/mol. The first kappa shape index (κ1) is 17.4. The van der Waals surface area contributed by atoms with E-state index in [1.807, 2.05) is 24.3 Å². The van der Waals surface area contributed by atoms with Crippen LogP contribution < -0.4 is 10.9 Å². The quantitative estimate of drug-likeness (QED) is 0.931. The van der Waals surface area contributed by atoms with Gasteiger partial charge in [0, 0.05) is 18.2 Å². The van der Waals surface area contributed by atoms with E-state index < -0.39 is 0 Å². The van der Waals surface area contributed by atoms with Crippen LogP contribution in [0.25, 0.3) is 0 Å². The molecule has 1 N–H and O–H groups in total. The molecule has 0 radical (unpaired) electrons. The van der Waals surface area contributed by atoms with Gasteiger partial charge in [-0.1, -0.05) is 32.9 Å². The Kier molecular flexibility index (Phi) is 4.75. The largest absolute Gasteiger partial charge is 0.350 e. The molecule has 0 aliphatic heterocycles. The van der Waals surface area contributed by atoms with Gasteiger partial charge in [0.2, 0.25) is 0 Å². The summed E-state index contributed by atoms with van der Waals surface area (Å²) in [5.74, 6) is -0.130. The summed E-state index contributed by atoms with van der Waals surface area (Å²) in [7, 11) is 0. The van der Waals surface area contributed by atoms with Crippen molar-refractivity contribution in [3.05, 3.63) is 63.1 Å². The van der Waals surface area contributed by atoms with Crippen LogP contribution in [0.15, 0.2) is 35.1 Å². The van der Waals surface area contributed by atoms with Gasteiger partial charge in [0.1, 0.15) is 0 Å². The first-order valence-electron chi connectivity index (χ1n) is 8.83. The summed E-state index contributed by atoms with van der Waals surface area (Å²) in [5, 5.41) is 7.28. The zero-order valence-corrected chi connectivity index (χ0v) is 15.1. The fraction of sp³-hybridized carbons (Fsp3) is 0.450. The van der Waals surface area contributed by atoms with E-state index in [0.717, 1.165) is 30.5 Å². The molecule has 0 bridgehead atoms. The fourth-order valence-electron chi connectivity index (χ4n) is 3.10. The van der Waals surface area contributed by atoms with E-state index in [-0.39, 0.29) is 16.9 Å². The number of carbonyl (C=O) groups excluding carboxylic acids is 1. The average molecular weight is 339 g/mol. The Bertz CT molecular complexity index is 830. The molecule has 5 nitrogen and oxygen atoms in total. The number of rotatable bonds is 4. The minimum atomic E-state index is -0.130. The van der Waals surface area contributed by atoms with Crippen LogP contribution in [0, 0.1) is 0 Å². The summed E-state index contributed by atoms with van der Waals surface area (Å²) >= 11 is 0. The van der Waals surface area contributed by atoms with Crippen molar-refractivity contribution < 1.29 is 4.79 Å². The lowest BCUT2D eigenvalue weighted by atomic mass is 9.87. The third-order valence-corrected chi connectivity index (χ3v) is 4.65. The SMILES string of the molecule is CC(C)(C)c1ccc(C(=O)NCCn2nc3c(cc2=O)CCC3)cc1. The van der Waals surface area contributed by atoms with E-state index in [4.69, 9.17) is 0 Å². The monoisotopic (exact) mass is 339 g/mol. The maximum Gasteiger partial charge on any atom is 0.267 e. The van der Waals surface area contributed by atoms with Crippen LogP contribution in [0.1, 0.15) is 54.4 Å². The molecule has 25 heavy (non-hydrogen) atoms. The van der Waals surface area contributed by atoms with E-state index in [1.165, 1.54) is 10.2 Å². The van der Waals surface area contributed by atoms with Gasteiger partial charge in [0.05, 0.1) is 12.2 Å². The van der Waals surface area contributed by atoms with Gasteiger partial charge in [-0.2, -0.15) is 5.10 Å². The van der Waals surface area contributed by atoms with Crippen LogP contribution in [0.4, 0.5) is 0 Å². The van der Waals surface area contributed by atoms with Gasteiger partial charge in [-0.05, 0) is 47.9 Å². The van der Waals surface area contributed by atoms with Gasteiger partial charge in [-0.3, -0.25) is 9.59 Å².